The molecule has 0 saturated heterocycles. The molecule has 3 N–H and O–H groups in total. The summed E-state index contributed by atoms with van der Waals surface area (Å²) >= 11 is 0. The van der Waals surface area contributed by atoms with E-state index in [1.54, 1.807) is 6.07 Å². The molecule has 1 aromatic rings. The zero-order valence-corrected chi connectivity index (χ0v) is 11.9. The summed E-state index contributed by atoms with van der Waals surface area (Å²) in [5.74, 6) is -2.92. The number of rotatable bonds is 6. The number of benzene rings is 1. The Kier molecular flexibility index (Phi) is 4.29. The molecule has 21 heavy (non-hydrogen) atoms. The molecule has 0 amide bonds. The Balaban J connectivity index is 2.24. The second kappa shape index (κ2) is 5.82. The summed E-state index contributed by atoms with van der Waals surface area (Å²) < 4.78 is 26.2. The van der Waals surface area contributed by atoms with Crippen molar-refractivity contribution in [3.05, 3.63) is 29.3 Å². The Bertz CT molecular complexity index is 682. The first-order chi connectivity index (χ1) is 9.79. The van der Waals surface area contributed by atoms with Crippen molar-refractivity contribution < 1.29 is 28.2 Å². The molecule has 1 aromatic carbocycles. The summed E-state index contributed by atoms with van der Waals surface area (Å²) in [5, 5.41) is 17.5. The lowest BCUT2D eigenvalue weighted by molar-refractivity contribution is -0.145. The van der Waals surface area contributed by atoms with E-state index in [2.05, 4.69) is 0 Å². The van der Waals surface area contributed by atoms with Crippen LogP contribution in [0.1, 0.15) is 24.0 Å². The van der Waals surface area contributed by atoms with Crippen LogP contribution in [0.5, 0.6) is 0 Å². The number of carboxylic acids is 2. The number of aryl methyl sites for hydroxylation is 2. The molecule has 1 aliphatic carbocycles. The first kappa shape index (κ1) is 15.5. The van der Waals surface area contributed by atoms with Gasteiger partial charge in [-0.3, -0.25) is 9.59 Å². The average Bonchev–Trinajstić information content (AvgIpc) is 2.84. The molecule has 0 spiro atoms. The van der Waals surface area contributed by atoms with Crippen LogP contribution < -0.4 is 4.72 Å². The van der Waals surface area contributed by atoms with E-state index in [0.717, 1.165) is 30.4 Å². The molecule has 0 radical (unpaired) electrons. The summed E-state index contributed by atoms with van der Waals surface area (Å²) in [7, 11) is -4.07. The van der Waals surface area contributed by atoms with Crippen molar-refractivity contribution in [2.24, 2.45) is 0 Å². The number of sulfonamides is 1. The maximum absolute atomic E-state index is 12.2. The fourth-order valence-electron chi connectivity index (χ4n) is 2.32. The maximum Gasteiger partial charge on any atom is 0.322 e. The summed E-state index contributed by atoms with van der Waals surface area (Å²) in [6, 6.07) is 2.95. The topological polar surface area (TPSA) is 121 Å². The van der Waals surface area contributed by atoms with Gasteiger partial charge in [0.2, 0.25) is 10.0 Å². The monoisotopic (exact) mass is 313 g/mol. The van der Waals surface area contributed by atoms with Crippen LogP contribution in [0.2, 0.25) is 0 Å². The molecule has 0 fully saturated rings. The van der Waals surface area contributed by atoms with E-state index in [9.17, 15) is 18.0 Å². The van der Waals surface area contributed by atoms with E-state index in [4.69, 9.17) is 10.2 Å². The number of hydrogen-bond donors (Lipinski definition) is 3. The van der Waals surface area contributed by atoms with Gasteiger partial charge in [-0.15, -0.1) is 0 Å². The molecule has 0 aliphatic heterocycles. The van der Waals surface area contributed by atoms with E-state index >= 15 is 0 Å². The molecule has 7 nitrogen and oxygen atoms in total. The van der Waals surface area contributed by atoms with Crippen LogP contribution in [0.3, 0.4) is 0 Å². The van der Waals surface area contributed by atoms with Crippen LogP contribution in [-0.4, -0.2) is 36.6 Å². The Morgan fingerprint density at radius 2 is 1.86 bits per heavy atom. The molecule has 0 unspecified atom stereocenters. The third-order valence-electron chi connectivity index (χ3n) is 3.35. The van der Waals surface area contributed by atoms with Gasteiger partial charge in [-0.05, 0) is 42.5 Å². The fraction of sp³-hybridized carbons (Fsp3) is 0.385. The van der Waals surface area contributed by atoms with Gasteiger partial charge in [-0.25, -0.2) is 8.42 Å². The summed E-state index contributed by atoms with van der Waals surface area (Å²) in [6.45, 7) is 0. The zero-order valence-electron chi connectivity index (χ0n) is 11.1. The highest BCUT2D eigenvalue weighted by Crippen LogP contribution is 2.24. The van der Waals surface area contributed by atoms with Crippen LogP contribution >= 0.6 is 0 Å². The molecule has 0 saturated carbocycles. The zero-order chi connectivity index (χ0) is 15.6. The van der Waals surface area contributed by atoms with Crippen molar-refractivity contribution in [3.63, 3.8) is 0 Å². The Morgan fingerprint density at radius 3 is 2.48 bits per heavy atom. The lowest BCUT2D eigenvalue weighted by atomic mass is 10.1. The number of carbonyl (C=O) groups is 2. The first-order valence-electron chi connectivity index (χ1n) is 6.38. The Labute approximate surface area is 121 Å². The third kappa shape index (κ3) is 3.59. The third-order valence-corrected chi connectivity index (χ3v) is 4.82. The molecule has 2 rings (SSSR count). The van der Waals surface area contributed by atoms with Gasteiger partial charge < -0.3 is 10.2 Å². The normalized spacial score (nSPS) is 15.4. The summed E-state index contributed by atoms with van der Waals surface area (Å²) in [6.07, 6.45) is 1.83. The van der Waals surface area contributed by atoms with E-state index in [1.807, 2.05) is 4.72 Å². The highest BCUT2D eigenvalue weighted by atomic mass is 32.2. The molecule has 8 heteroatoms. The molecule has 0 bridgehead atoms. The lowest BCUT2D eigenvalue weighted by Gasteiger charge is -2.13. The van der Waals surface area contributed by atoms with Gasteiger partial charge in [0, 0.05) is 0 Å². The first-order valence-corrected chi connectivity index (χ1v) is 7.86. The van der Waals surface area contributed by atoms with Gasteiger partial charge in [0.15, 0.2) is 0 Å². The molecular formula is C13H15NO6S. The maximum atomic E-state index is 12.2. The van der Waals surface area contributed by atoms with Gasteiger partial charge >= 0.3 is 11.9 Å². The van der Waals surface area contributed by atoms with Crippen LogP contribution in [0.4, 0.5) is 0 Å². The predicted octanol–water partition coefficient (Wildman–Crippen LogP) is 0.381. The minimum Gasteiger partial charge on any atom is -0.481 e. The summed E-state index contributed by atoms with van der Waals surface area (Å²) in [5.41, 5.74) is 2.03. The van der Waals surface area contributed by atoms with Crippen molar-refractivity contribution in [2.75, 3.05) is 0 Å². The quantitative estimate of drug-likeness (QED) is 0.698. The molecule has 0 heterocycles. The summed E-state index contributed by atoms with van der Waals surface area (Å²) in [4.78, 5) is 21.5. The highest BCUT2D eigenvalue weighted by molar-refractivity contribution is 7.89. The van der Waals surface area contributed by atoms with E-state index in [1.165, 1.54) is 12.1 Å². The van der Waals surface area contributed by atoms with Gasteiger partial charge in [0.25, 0.3) is 0 Å². The molecular weight excluding hydrogens is 298 g/mol. The van der Waals surface area contributed by atoms with E-state index in [-0.39, 0.29) is 4.90 Å². The van der Waals surface area contributed by atoms with Crippen molar-refractivity contribution in [1.29, 1.82) is 0 Å². The number of carboxylic acid groups (broad SMARTS) is 2. The number of hydrogen-bond acceptors (Lipinski definition) is 4. The lowest BCUT2D eigenvalue weighted by Crippen LogP contribution is -2.42. The highest BCUT2D eigenvalue weighted by Gasteiger charge is 2.28. The van der Waals surface area contributed by atoms with E-state index in [0.29, 0.717) is 0 Å². The van der Waals surface area contributed by atoms with Crippen LogP contribution in [0.25, 0.3) is 0 Å². The Morgan fingerprint density at radius 1 is 1.19 bits per heavy atom. The smallest absolute Gasteiger partial charge is 0.322 e. The van der Waals surface area contributed by atoms with Crippen molar-refractivity contribution in [1.82, 2.24) is 4.72 Å². The van der Waals surface area contributed by atoms with Gasteiger partial charge in [-0.2, -0.15) is 4.72 Å². The standard InChI is InChI=1S/C13H15NO6S/c15-12(16)7-11(13(17)18)14-21(19,20)10-5-4-8-2-1-3-9(8)6-10/h4-6,11,14H,1-3,7H2,(H,15,16)(H,17,18)/t11-/m0/s1. The van der Waals surface area contributed by atoms with Gasteiger partial charge in [0.1, 0.15) is 6.04 Å². The molecule has 114 valence electrons. The number of nitrogens with one attached hydrogen (secondary N) is 1. The predicted molar refractivity (Wildman–Crippen MR) is 72.5 cm³/mol. The van der Waals surface area contributed by atoms with Gasteiger partial charge in [-0.1, -0.05) is 6.07 Å². The Hall–Kier alpha value is -1.93. The van der Waals surface area contributed by atoms with Crippen LogP contribution in [0.15, 0.2) is 23.1 Å². The fourth-order valence-corrected chi connectivity index (χ4v) is 3.56. The number of fused-ring (bicyclic) bond motifs is 1. The van der Waals surface area contributed by atoms with Gasteiger partial charge in [0.05, 0.1) is 11.3 Å². The minimum atomic E-state index is -4.07. The SMILES string of the molecule is O=C(O)C[C@H](NS(=O)(=O)c1ccc2c(c1)CCC2)C(=O)O. The molecule has 1 aliphatic rings. The van der Waals surface area contributed by atoms with Crippen LogP contribution in [0, 0.1) is 0 Å². The molecule has 0 aromatic heterocycles. The van der Waals surface area contributed by atoms with Crippen LogP contribution in [-0.2, 0) is 32.5 Å². The van der Waals surface area contributed by atoms with Crippen molar-refractivity contribution in [2.45, 2.75) is 36.6 Å². The minimum absolute atomic E-state index is 0.0419. The van der Waals surface area contributed by atoms with Crippen molar-refractivity contribution in [3.8, 4) is 0 Å². The largest absolute Gasteiger partial charge is 0.481 e. The average molecular weight is 313 g/mol. The second-order valence-corrected chi connectivity index (χ2v) is 6.61. The second-order valence-electron chi connectivity index (χ2n) is 4.89. The molecule has 1 atom stereocenters. The number of aliphatic carboxylic acids is 2. The van der Waals surface area contributed by atoms with Crippen molar-refractivity contribution >= 4 is 22.0 Å². The van der Waals surface area contributed by atoms with E-state index < -0.39 is 34.4 Å².